The van der Waals surface area contributed by atoms with E-state index >= 15 is 0 Å². The van der Waals surface area contributed by atoms with Gasteiger partial charge in [0, 0.05) is 42.6 Å². The summed E-state index contributed by atoms with van der Waals surface area (Å²) in [5, 5.41) is 35.8. The number of fused-ring (bicyclic) bond motifs is 1. The molecule has 12 nitrogen and oxygen atoms in total. The number of aromatic nitrogens is 2. The number of hydrogen-bond acceptors (Lipinski definition) is 8. The van der Waals surface area contributed by atoms with Crippen molar-refractivity contribution in [2.45, 2.75) is 51.7 Å². The molecule has 2 amide bonds. The minimum atomic E-state index is -1.09. The number of piperidine rings is 1. The fourth-order valence-corrected chi connectivity index (χ4v) is 7.36. The van der Waals surface area contributed by atoms with Crippen molar-refractivity contribution < 1.29 is 38.8 Å². The van der Waals surface area contributed by atoms with Crippen LogP contribution >= 0.6 is 11.6 Å². The van der Waals surface area contributed by atoms with Gasteiger partial charge in [-0.25, -0.2) is 13.9 Å². The van der Waals surface area contributed by atoms with Gasteiger partial charge in [-0.05, 0) is 92.6 Å². The van der Waals surface area contributed by atoms with E-state index in [9.17, 15) is 34.1 Å². The summed E-state index contributed by atoms with van der Waals surface area (Å²) in [6.45, 7) is 7.45. The van der Waals surface area contributed by atoms with Crippen LogP contribution in [-0.4, -0.2) is 92.8 Å². The van der Waals surface area contributed by atoms with Crippen LogP contribution in [0.3, 0.4) is 0 Å². The lowest BCUT2D eigenvalue weighted by atomic mass is 9.81. The number of carboxylic acid groups (broad SMARTS) is 1. The summed E-state index contributed by atoms with van der Waals surface area (Å²) < 4.78 is 22.4. The molecule has 1 aromatic heterocycles. The summed E-state index contributed by atoms with van der Waals surface area (Å²) in [6, 6.07) is 15.0. The molecule has 14 heteroatoms. The molecule has 0 spiro atoms. The first-order valence-corrected chi connectivity index (χ1v) is 18.3. The standard InChI is InChI=1S/C40H45ClFN5O7/c1-39(2,54-24-40(3,22-48)23-49)27-14-17-45(18-15-27)32-8-4-6-30-29(32)16-19-46(35(30)36(50)44-28-12-10-25(11-13-28)38(52)53)37(51)26-20-43-47(21-26)33-9-5-7-31(41)34(33)42/h4-13,20-21,27,35,48-49H,14-19,22-24H2,1-3H3,(H,44,50)(H,52,53). The third-order valence-corrected chi connectivity index (χ3v) is 11.0. The highest BCUT2D eigenvalue weighted by Crippen LogP contribution is 2.40. The Kier molecular flexibility index (Phi) is 11.4. The summed E-state index contributed by atoms with van der Waals surface area (Å²) in [5.74, 6) is -2.49. The molecule has 1 fully saturated rings. The molecule has 0 aliphatic carbocycles. The zero-order valence-corrected chi connectivity index (χ0v) is 31.2. The molecule has 1 unspecified atom stereocenters. The molecule has 2 aliphatic heterocycles. The highest BCUT2D eigenvalue weighted by Gasteiger charge is 2.40. The van der Waals surface area contributed by atoms with Crippen molar-refractivity contribution >= 4 is 40.8 Å². The third-order valence-electron chi connectivity index (χ3n) is 10.7. The molecule has 4 N–H and O–H groups in total. The van der Waals surface area contributed by atoms with E-state index in [4.69, 9.17) is 16.3 Å². The Morgan fingerprint density at radius 2 is 1.61 bits per heavy atom. The minimum Gasteiger partial charge on any atom is -0.478 e. The van der Waals surface area contributed by atoms with Gasteiger partial charge < -0.3 is 35.2 Å². The topological polar surface area (TPSA) is 157 Å². The Labute approximate surface area is 318 Å². The van der Waals surface area contributed by atoms with Crippen molar-refractivity contribution in [2.75, 3.05) is 49.7 Å². The van der Waals surface area contributed by atoms with Gasteiger partial charge in [-0.1, -0.05) is 36.7 Å². The van der Waals surface area contributed by atoms with Crippen molar-refractivity contribution in [1.82, 2.24) is 14.7 Å². The first-order chi connectivity index (χ1) is 25.7. The van der Waals surface area contributed by atoms with Crippen LogP contribution in [-0.2, 0) is 16.0 Å². The molecule has 3 aromatic carbocycles. The number of nitrogens with one attached hydrogen (secondary N) is 1. The van der Waals surface area contributed by atoms with Crippen molar-refractivity contribution in [1.29, 1.82) is 0 Å². The van der Waals surface area contributed by atoms with Gasteiger partial charge in [0.05, 0.1) is 47.8 Å². The molecule has 0 saturated carbocycles. The average molecular weight is 762 g/mol. The molecule has 3 heterocycles. The summed E-state index contributed by atoms with van der Waals surface area (Å²) in [5.41, 5.74) is 2.06. The number of nitrogens with zero attached hydrogens (tertiary/aromatic N) is 4. The van der Waals surface area contributed by atoms with Crippen molar-refractivity contribution in [2.24, 2.45) is 11.3 Å². The van der Waals surface area contributed by atoms with E-state index in [2.05, 4.69) is 15.3 Å². The Morgan fingerprint density at radius 3 is 2.28 bits per heavy atom. The predicted octanol–water partition coefficient (Wildman–Crippen LogP) is 5.74. The van der Waals surface area contributed by atoms with Crippen molar-refractivity contribution in [3.8, 4) is 5.69 Å². The first kappa shape index (κ1) is 38.9. The summed E-state index contributed by atoms with van der Waals surface area (Å²) >= 11 is 5.99. The van der Waals surface area contributed by atoms with Crippen LogP contribution in [0, 0.1) is 17.2 Å². The maximum Gasteiger partial charge on any atom is 0.335 e. The fourth-order valence-electron chi connectivity index (χ4n) is 7.19. The van der Waals surface area contributed by atoms with Gasteiger partial charge >= 0.3 is 5.97 Å². The second-order valence-electron chi connectivity index (χ2n) is 14.9. The average Bonchev–Trinajstić information content (AvgIpc) is 3.67. The number of aliphatic hydroxyl groups excluding tert-OH is 2. The largest absolute Gasteiger partial charge is 0.478 e. The lowest BCUT2D eigenvalue weighted by Crippen LogP contribution is -2.47. The number of amides is 2. The Hall–Kier alpha value is -4.82. The van der Waals surface area contributed by atoms with Crippen molar-refractivity contribution in [3.63, 3.8) is 0 Å². The Balaban J connectivity index is 1.27. The molecule has 1 atom stereocenters. The molecule has 6 rings (SSSR count). The number of halogens is 2. The molecular formula is C40H45ClFN5O7. The molecule has 0 radical (unpaired) electrons. The van der Waals surface area contributed by atoms with E-state index in [0.29, 0.717) is 17.7 Å². The number of hydrogen-bond donors (Lipinski definition) is 4. The monoisotopic (exact) mass is 761 g/mol. The van der Waals surface area contributed by atoms with Gasteiger partial charge in [-0.3, -0.25) is 9.59 Å². The maximum absolute atomic E-state index is 14.8. The molecule has 4 aromatic rings. The highest BCUT2D eigenvalue weighted by molar-refractivity contribution is 6.30. The van der Waals surface area contributed by atoms with Crippen molar-refractivity contribution in [3.05, 3.63) is 106 Å². The van der Waals surface area contributed by atoms with Gasteiger partial charge in [0.15, 0.2) is 5.82 Å². The lowest BCUT2D eigenvalue weighted by Gasteiger charge is -2.44. The van der Waals surface area contributed by atoms with E-state index < -0.39 is 40.7 Å². The van der Waals surface area contributed by atoms with E-state index in [1.165, 1.54) is 58.4 Å². The van der Waals surface area contributed by atoms with Gasteiger partial charge in [0.1, 0.15) is 11.7 Å². The molecule has 1 saturated heterocycles. The van der Waals surface area contributed by atoms with Gasteiger partial charge in [-0.15, -0.1) is 0 Å². The number of carboxylic acids is 1. The number of anilines is 2. The number of benzene rings is 3. The zero-order valence-electron chi connectivity index (χ0n) is 30.5. The van der Waals surface area contributed by atoms with Gasteiger partial charge in [0.2, 0.25) is 0 Å². The minimum absolute atomic E-state index is 0.0677. The first-order valence-electron chi connectivity index (χ1n) is 17.9. The summed E-state index contributed by atoms with van der Waals surface area (Å²) in [4.78, 5) is 43.7. The van der Waals surface area contributed by atoms with Crippen LogP contribution < -0.4 is 10.2 Å². The predicted molar refractivity (Wildman–Crippen MR) is 202 cm³/mol. The second-order valence-corrected chi connectivity index (χ2v) is 15.3. The van der Waals surface area contributed by atoms with E-state index in [0.717, 1.165) is 37.2 Å². The highest BCUT2D eigenvalue weighted by atomic mass is 35.5. The van der Waals surface area contributed by atoms with E-state index in [-0.39, 0.29) is 54.1 Å². The zero-order chi connectivity index (χ0) is 38.8. The van der Waals surface area contributed by atoms with E-state index in [1.807, 2.05) is 32.0 Å². The summed E-state index contributed by atoms with van der Waals surface area (Å²) in [7, 11) is 0. The SMILES string of the molecule is CC(CO)(CO)COC(C)(C)C1CCN(c2cccc3c2CCN(C(=O)c2cnn(-c4cccc(Cl)c4F)c2)C3C(=O)Nc2ccc(C(=O)O)cc2)CC1. The van der Waals surface area contributed by atoms with Crippen LogP contribution in [0.5, 0.6) is 0 Å². The second kappa shape index (κ2) is 15.9. The molecule has 54 heavy (non-hydrogen) atoms. The number of carbonyl (C=O) groups excluding carboxylic acids is 2. The smallest absolute Gasteiger partial charge is 0.335 e. The molecule has 2 aliphatic rings. The maximum atomic E-state index is 14.8. The van der Waals surface area contributed by atoms with Crippen LogP contribution in [0.15, 0.2) is 73.1 Å². The molecule has 286 valence electrons. The summed E-state index contributed by atoms with van der Waals surface area (Å²) in [6.07, 6.45) is 4.89. The quantitative estimate of drug-likeness (QED) is 0.141. The van der Waals surface area contributed by atoms with E-state index in [1.54, 1.807) is 13.0 Å². The third kappa shape index (κ3) is 8.00. The number of aliphatic hydroxyl groups is 2. The fraction of sp³-hybridized carbons (Fsp3) is 0.400. The van der Waals surface area contributed by atoms with Crippen LogP contribution in [0.25, 0.3) is 5.69 Å². The van der Waals surface area contributed by atoms with Crippen LogP contribution in [0.1, 0.15) is 71.5 Å². The normalized spacial score (nSPS) is 16.6. The van der Waals surface area contributed by atoms with Crippen LogP contribution in [0.2, 0.25) is 5.02 Å². The molecular weight excluding hydrogens is 717 g/mol. The number of aromatic carboxylic acids is 1. The Morgan fingerprint density at radius 1 is 0.944 bits per heavy atom. The number of ether oxygens (including phenoxy) is 1. The lowest BCUT2D eigenvalue weighted by molar-refractivity contribution is -0.121. The number of carbonyl (C=O) groups is 3. The molecule has 0 bridgehead atoms. The van der Waals surface area contributed by atoms with Gasteiger partial charge in [-0.2, -0.15) is 5.10 Å². The van der Waals surface area contributed by atoms with Crippen LogP contribution in [0.4, 0.5) is 15.8 Å². The Bertz CT molecular complexity index is 2010. The van der Waals surface area contributed by atoms with Gasteiger partial charge in [0.25, 0.3) is 11.8 Å². The number of rotatable bonds is 12.